The summed E-state index contributed by atoms with van der Waals surface area (Å²) < 4.78 is 5.48. The number of hydrogen-bond acceptors (Lipinski definition) is 2. The van der Waals surface area contributed by atoms with E-state index in [0.29, 0.717) is 18.4 Å². The van der Waals surface area contributed by atoms with Crippen LogP contribution in [0.4, 0.5) is 0 Å². The van der Waals surface area contributed by atoms with E-state index in [2.05, 4.69) is 13.8 Å². The normalized spacial score (nSPS) is 47.2. The number of ether oxygens (including phenoxy) is 1. The Bertz CT molecular complexity index is 293. The quantitative estimate of drug-likeness (QED) is 0.702. The molecular formula is C15H24O2. The zero-order chi connectivity index (χ0) is 12.0. The van der Waals surface area contributed by atoms with Crippen molar-refractivity contribution in [3.05, 3.63) is 0 Å². The molecule has 0 amide bonds. The molecular weight excluding hydrogens is 212 g/mol. The number of esters is 1. The van der Waals surface area contributed by atoms with E-state index in [1.165, 1.54) is 32.1 Å². The summed E-state index contributed by atoms with van der Waals surface area (Å²) in [5, 5.41) is 0. The minimum absolute atomic E-state index is 0.105. The van der Waals surface area contributed by atoms with E-state index in [4.69, 9.17) is 4.74 Å². The Kier molecular flexibility index (Phi) is 2.72. The molecule has 4 fully saturated rings. The van der Waals surface area contributed by atoms with Crippen LogP contribution in [0.15, 0.2) is 0 Å². The molecule has 0 N–H and O–H groups in total. The molecule has 0 aliphatic heterocycles. The van der Waals surface area contributed by atoms with E-state index in [1.54, 1.807) is 0 Å². The lowest BCUT2D eigenvalue weighted by atomic mass is 9.46. The lowest BCUT2D eigenvalue weighted by Crippen LogP contribution is -2.55. The van der Waals surface area contributed by atoms with Crippen LogP contribution in [0, 0.1) is 29.1 Å². The van der Waals surface area contributed by atoms with Gasteiger partial charge in [0, 0.05) is 0 Å². The van der Waals surface area contributed by atoms with E-state index in [1.807, 2.05) is 0 Å². The first-order valence-corrected chi connectivity index (χ1v) is 7.31. The zero-order valence-electron chi connectivity index (χ0n) is 11.1. The van der Waals surface area contributed by atoms with Crippen molar-refractivity contribution in [3.8, 4) is 0 Å². The monoisotopic (exact) mass is 236 g/mol. The summed E-state index contributed by atoms with van der Waals surface area (Å²) in [7, 11) is 0. The Morgan fingerprint density at radius 3 is 2.12 bits per heavy atom. The number of rotatable bonds is 3. The highest BCUT2D eigenvalue weighted by Gasteiger charge is 2.58. The first-order valence-electron chi connectivity index (χ1n) is 7.31. The summed E-state index contributed by atoms with van der Waals surface area (Å²) in [4.78, 5) is 12.4. The SMILES string of the molecule is CCCOC(=O)C1(C)C2CC3CC(C2)CC1C3. The van der Waals surface area contributed by atoms with E-state index < -0.39 is 0 Å². The molecule has 4 bridgehead atoms. The van der Waals surface area contributed by atoms with Crippen LogP contribution in [-0.2, 0) is 9.53 Å². The third-order valence-electron chi connectivity index (χ3n) is 5.71. The van der Waals surface area contributed by atoms with Gasteiger partial charge in [0.2, 0.25) is 0 Å². The smallest absolute Gasteiger partial charge is 0.312 e. The Morgan fingerprint density at radius 2 is 1.65 bits per heavy atom. The summed E-state index contributed by atoms with van der Waals surface area (Å²) in [5.41, 5.74) is -0.150. The van der Waals surface area contributed by atoms with Crippen molar-refractivity contribution >= 4 is 5.97 Å². The second-order valence-corrected chi connectivity index (χ2v) is 6.72. The van der Waals surface area contributed by atoms with Gasteiger partial charge in [-0.25, -0.2) is 0 Å². The van der Waals surface area contributed by atoms with Gasteiger partial charge >= 0.3 is 5.97 Å². The molecule has 0 spiro atoms. The molecule has 2 nitrogen and oxygen atoms in total. The average molecular weight is 236 g/mol. The molecule has 4 aliphatic carbocycles. The lowest BCUT2D eigenvalue weighted by molar-refractivity contribution is -0.180. The number of carbonyl (C=O) groups excluding carboxylic acids is 1. The molecule has 4 rings (SSSR count). The summed E-state index contributed by atoms with van der Waals surface area (Å²) in [5.74, 6) is 3.17. The van der Waals surface area contributed by atoms with Gasteiger partial charge in [-0.1, -0.05) is 6.92 Å². The minimum Gasteiger partial charge on any atom is -0.465 e. The largest absolute Gasteiger partial charge is 0.465 e. The van der Waals surface area contributed by atoms with Crippen LogP contribution >= 0.6 is 0 Å². The Hall–Kier alpha value is -0.530. The molecule has 4 saturated carbocycles. The van der Waals surface area contributed by atoms with Crippen molar-refractivity contribution in [3.63, 3.8) is 0 Å². The van der Waals surface area contributed by atoms with Crippen LogP contribution in [0.1, 0.15) is 52.4 Å². The molecule has 17 heavy (non-hydrogen) atoms. The first kappa shape index (κ1) is 11.6. The van der Waals surface area contributed by atoms with Crippen LogP contribution < -0.4 is 0 Å². The van der Waals surface area contributed by atoms with Gasteiger partial charge in [-0.3, -0.25) is 4.79 Å². The molecule has 0 aromatic carbocycles. The van der Waals surface area contributed by atoms with Crippen molar-refractivity contribution < 1.29 is 9.53 Å². The fourth-order valence-corrected chi connectivity index (χ4v) is 4.85. The highest BCUT2D eigenvalue weighted by molar-refractivity contribution is 5.77. The third-order valence-corrected chi connectivity index (χ3v) is 5.71. The fraction of sp³-hybridized carbons (Fsp3) is 0.933. The van der Waals surface area contributed by atoms with Crippen molar-refractivity contribution in [1.82, 2.24) is 0 Å². The van der Waals surface area contributed by atoms with E-state index in [9.17, 15) is 4.79 Å². The third kappa shape index (κ3) is 1.63. The van der Waals surface area contributed by atoms with Crippen LogP contribution in [-0.4, -0.2) is 12.6 Å². The predicted molar refractivity (Wildman–Crippen MR) is 66.4 cm³/mol. The van der Waals surface area contributed by atoms with Gasteiger partial charge in [0.25, 0.3) is 0 Å². The maximum absolute atomic E-state index is 12.4. The van der Waals surface area contributed by atoms with Gasteiger partial charge in [0.1, 0.15) is 0 Å². The molecule has 0 aromatic heterocycles. The predicted octanol–water partition coefficient (Wildman–Crippen LogP) is 3.40. The minimum atomic E-state index is -0.150. The van der Waals surface area contributed by atoms with Crippen LogP contribution in [0.3, 0.4) is 0 Å². The summed E-state index contributed by atoms with van der Waals surface area (Å²) in [6, 6.07) is 0. The molecule has 4 aliphatic rings. The Labute approximate surface area is 104 Å². The molecule has 0 unspecified atom stereocenters. The van der Waals surface area contributed by atoms with Crippen molar-refractivity contribution in [2.75, 3.05) is 6.61 Å². The molecule has 0 heterocycles. The van der Waals surface area contributed by atoms with Crippen LogP contribution in [0.25, 0.3) is 0 Å². The second-order valence-electron chi connectivity index (χ2n) is 6.72. The maximum atomic E-state index is 12.4. The van der Waals surface area contributed by atoms with Gasteiger partial charge in [-0.15, -0.1) is 0 Å². The summed E-state index contributed by atoms with van der Waals surface area (Å²) in [6.07, 6.45) is 7.50. The summed E-state index contributed by atoms with van der Waals surface area (Å²) in [6.45, 7) is 4.85. The summed E-state index contributed by atoms with van der Waals surface area (Å²) >= 11 is 0. The molecule has 96 valence electrons. The van der Waals surface area contributed by atoms with Crippen molar-refractivity contribution in [1.29, 1.82) is 0 Å². The second kappa shape index (κ2) is 4.00. The maximum Gasteiger partial charge on any atom is 0.312 e. The van der Waals surface area contributed by atoms with E-state index in [0.717, 1.165) is 18.3 Å². The van der Waals surface area contributed by atoms with E-state index >= 15 is 0 Å². The standard InChI is InChI=1S/C15H24O2/c1-3-4-17-14(16)15(2)12-6-10-5-11(8-12)9-13(15)7-10/h10-13H,3-9H2,1-2H3. The molecule has 0 saturated heterocycles. The van der Waals surface area contributed by atoms with E-state index in [-0.39, 0.29) is 11.4 Å². The van der Waals surface area contributed by atoms with Crippen LogP contribution in [0.5, 0.6) is 0 Å². The molecule has 0 atom stereocenters. The Balaban J connectivity index is 1.79. The van der Waals surface area contributed by atoms with Gasteiger partial charge in [-0.05, 0) is 69.1 Å². The molecule has 0 radical (unpaired) electrons. The number of hydrogen-bond donors (Lipinski definition) is 0. The zero-order valence-corrected chi connectivity index (χ0v) is 11.1. The highest BCUT2D eigenvalue weighted by Crippen LogP contribution is 2.62. The topological polar surface area (TPSA) is 26.3 Å². The first-order chi connectivity index (χ1) is 8.14. The number of carbonyl (C=O) groups is 1. The lowest BCUT2D eigenvalue weighted by Gasteiger charge is -2.58. The fourth-order valence-electron chi connectivity index (χ4n) is 4.85. The van der Waals surface area contributed by atoms with Crippen molar-refractivity contribution in [2.45, 2.75) is 52.4 Å². The van der Waals surface area contributed by atoms with Gasteiger partial charge in [0.05, 0.1) is 12.0 Å². The average Bonchev–Trinajstić information content (AvgIpc) is 2.31. The molecule has 2 heteroatoms. The molecule has 0 aromatic rings. The van der Waals surface area contributed by atoms with Crippen molar-refractivity contribution in [2.24, 2.45) is 29.1 Å². The van der Waals surface area contributed by atoms with Gasteiger partial charge < -0.3 is 4.74 Å². The van der Waals surface area contributed by atoms with Gasteiger partial charge in [0.15, 0.2) is 0 Å². The van der Waals surface area contributed by atoms with Gasteiger partial charge in [-0.2, -0.15) is 0 Å². The van der Waals surface area contributed by atoms with Crippen LogP contribution in [0.2, 0.25) is 0 Å². The highest BCUT2D eigenvalue weighted by atomic mass is 16.5. The Morgan fingerprint density at radius 1 is 1.12 bits per heavy atom.